The van der Waals surface area contributed by atoms with E-state index < -0.39 is 53.5 Å². The van der Waals surface area contributed by atoms with Gasteiger partial charge in [-0.25, -0.2) is 0 Å². The molecule has 0 unspecified atom stereocenters. The Morgan fingerprint density at radius 2 is 1.41 bits per heavy atom. The second-order valence-corrected chi connectivity index (χ2v) is 13.0. The zero-order chi connectivity index (χ0) is 29.5. The van der Waals surface area contributed by atoms with Crippen LogP contribution >= 0.6 is 0 Å². The highest BCUT2D eigenvalue weighted by Gasteiger charge is 2.19. The topological polar surface area (TPSA) is 259 Å². The number of nitrogens with zero attached hydrogens (tertiary/aromatic N) is 3. The van der Waals surface area contributed by atoms with E-state index in [2.05, 4.69) is 15.3 Å². The molecule has 19 heteroatoms. The van der Waals surface area contributed by atoms with Gasteiger partial charge in [-0.15, -0.1) is 0 Å². The Morgan fingerprint density at radius 3 is 1.97 bits per heavy atom. The molecule has 1 amide bonds. The number of azide groups is 1. The van der Waals surface area contributed by atoms with E-state index >= 15 is 0 Å². The third-order valence-corrected chi connectivity index (χ3v) is 7.29. The molecule has 0 fully saturated rings. The van der Waals surface area contributed by atoms with Crippen LogP contribution in [0.2, 0.25) is 0 Å². The van der Waals surface area contributed by atoms with Crippen molar-refractivity contribution in [1.82, 2.24) is 5.32 Å². The molecule has 39 heavy (non-hydrogen) atoms. The molecule has 0 radical (unpaired) electrons. The predicted octanol–water partition coefficient (Wildman–Crippen LogP) is 1.64. The van der Waals surface area contributed by atoms with Crippen molar-refractivity contribution < 1.29 is 53.2 Å². The first-order valence-electron chi connectivity index (χ1n) is 11.7. The predicted molar refractivity (Wildman–Crippen MR) is 140 cm³/mol. The maximum Gasteiger partial charge on any atom is 0.264 e. The summed E-state index contributed by atoms with van der Waals surface area (Å²) in [5.41, 5.74) is 8.82. The number of amides is 1. The van der Waals surface area contributed by atoms with E-state index in [9.17, 15) is 30.0 Å². The fourth-order valence-corrected chi connectivity index (χ4v) is 4.72. The van der Waals surface area contributed by atoms with Gasteiger partial charge in [-0.05, 0) is 61.8 Å². The van der Waals surface area contributed by atoms with Crippen LogP contribution in [0.15, 0.2) is 17.2 Å². The first-order valence-corrected chi connectivity index (χ1v) is 16.5. The molecule has 0 bridgehead atoms. The highest BCUT2D eigenvalue weighted by molar-refractivity contribution is 7.86. The third kappa shape index (κ3) is 16.8. The van der Waals surface area contributed by atoms with Crippen molar-refractivity contribution in [2.45, 2.75) is 38.5 Å². The SMILES string of the molecule is [N-]=[N+]=NCCCNC(=O)c1cc(CCCCS(=O)(=O)O)c(OCCCS(=O)(=O)O)c(OCCCS(=O)(=O)O)c1. The van der Waals surface area contributed by atoms with Gasteiger partial charge >= 0.3 is 0 Å². The number of carbonyl (C=O) groups is 1. The van der Waals surface area contributed by atoms with E-state index in [1.54, 1.807) is 0 Å². The highest BCUT2D eigenvalue weighted by atomic mass is 32.2. The normalized spacial score (nSPS) is 12.0. The summed E-state index contributed by atoms with van der Waals surface area (Å²) in [5.74, 6) is -2.12. The van der Waals surface area contributed by atoms with Gasteiger partial charge in [-0.3, -0.25) is 18.5 Å². The van der Waals surface area contributed by atoms with Crippen LogP contribution in [0.4, 0.5) is 0 Å². The first kappa shape index (κ1) is 34.4. The van der Waals surface area contributed by atoms with Crippen LogP contribution in [-0.2, 0) is 36.8 Å². The molecule has 0 aliphatic rings. The average Bonchev–Trinajstić information content (AvgIpc) is 2.80. The van der Waals surface area contributed by atoms with Crippen molar-refractivity contribution in [1.29, 1.82) is 0 Å². The third-order valence-electron chi connectivity index (χ3n) is 4.87. The molecule has 16 nitrogen and oxygen atoms in total. The Labute approximate surface area is 226 Å². The lowest BCUT2D eigenvalue weighted by molar-refractivity contribution is 0.0952. The minimum Gasteiger partial charge on any atom is -0.490 e. The van der Waals surface area contributed by atoms with Crippen LogP contribution in [0.3, 0.4) is 0 Å². The van der Waals surface area contributed by atoms with E-state index in [0.717, 1.165) is 0 Å². The van der Waals surface area contributed by atoms with Crippen LogP contribution in [0.1, 0.15) is 48.0 Å². The summed E-state index contributed by atoms with van der Waals surface area (Å²) < 4.78 is 104. The fraction of sp³-hybridized carbons (Fsp3) is 0.650. The summed E-state index contributed by atoms with van der Waals surface area (Å²) in [6, 6.07) is 2.77. The van der Waals surface area contributed by atoms with Crippen molar-refractivity contribution in [2.75, 3.05) is 43.6 Å². The van der Waals surface area contributed by atoms with Crippen molar-refractivity contribution in [3.63, 3.8) is 0 Å². The van der Waals surface area contributed by atoms with Gasteiger partial charge in [0.25, 0.3) is 36.3 Å². The smallest absolute Gasteiger partial charge is 0.264 e. The summed E-state index contributed by atoms with van der Waals surface area (Å²) in [4.78, 5) is 15.4. The molecule has 1 rings (SSSR count). The van der Waals surface area contributed by atoms with Gasteiger partial charge in [-0.2, -0.15) is 25.3 Å². The van der Waals surface area contributed by atoms with E-state index in [-0.39, 0.29) is 75.5 Å². The molecule has 0 saturated heterocycles. The Bertz CT molecular complexity index is 1260. The zero-order valence-electron chi connectivity index (χ0n) is 20.9. The molecule has 0 aliphatic heterocycles. The first-order chi connectivity index (χ1) is 18.1. The zero-order valence-corrected chi connectivity index (χ0v) is 23.4. The molecule has 0 saturated carbocycles. The molecular weight excluding hydrogens is 584 g/mol. The molecule has 1 aromatic carbocycles. The summed E-state index contributed by atoms with van der Waals surface area (Å²) >= 11 is 0. The summed E-state index contributed by atoms with van der Waals surface area (Å²) in [6.07, 6.45) is 0.619. The second-order valence-electron chi connectivity index (χ2n) is 8.25. The second kappa shape index (κ2) is 16.4. The molecule has 0 atom stereocenters. The van der Waals surface area contributed by atoms with E-state index in [0.29, 0.717) is 12.0 Å². The molecule has 0 spiro atoms. The lowest BCUT2D eigenvalue weighted by atomic mass is 10.0. The molecule has 4 N–H and O–H groups in total. The molecule has 1 aromatic rings. The molecule has 222 valence electrons. The van der Waals surface area contributed by atoms with Crippen LogP contribution in [0, 0.1) is 0 Å². The standard InChI is InChI=1S/C20H32N4O12S3/c21-24-23-8-3-7-22-20(25)17-14-16(6-1-2-11-37(26,27)28)19(36-10-5-13-39(32,33)34)18(15-17)35-9-4-12-38(29,30)31/h14-15H,1-13H2,(H,22,25)(H,26,27,28)(H,29,30,31)(H,32,33,34). The van der Waals surface area contributed by atoms with Gasteiger partial charge in [-0.1, -0.05) is 5.11 Å². The number of carbonyl (C=O) groups excluding carboxylic acids is 1. The Kier molecular flexibility index (Phi) is 14.5. The Morgan fingerprint density at radius 1 is 0.846 bits per heavy atom. The highest BCUT2D eigenvalue weighted by Crippen LogP contribution is 2.35. The van der Waals surface area contributed by atoms with Crippen LogP contribution < -0.4 is 14.8 Å². The van der Waals surface area contributed by atoms with Crippen LogP contribution in [0.5, 0.6) is 11.5 Å². The number of unbranched alkanes of at least 4 members (excludes halogenated alkanes) is 1. The van der Waals surface area contributed by atoms with Crippen LogP contribution in [-0.4, -0.2) is 88.4 Å². The summed E-state index contributed by atoms with van der Waals surface area (Å²) in [7, 11) is -12.7. The number of ether oxygens (including phenoxy) is 2. The minimum atomic E-state index is -4.25. The molecule has 0 heterocycles. The van der Waals surface area contributed by atoms with Gasteiger partial charge in [0.05, 0.1) is 30.5 Å². The molecular formula is C20H32N4O12S3. The quantitative estimate of drug-likeness (QED) is 0.0536. The fourth-order valence-electron chi connectivity index (χ4n) is 3.19. The van der Waals surface area contributed by atoms with Gasteiger partial charge in [0.15, 0.2) is 11.5 Å². The lowest BCUT2D eigenvalue weighted by Crippen LogP contribution is -2.25. The van der Waals surface area contributed by atoms with Gasteiger partial charge in [0.1, 0.15) is 0 Å². The van der Waals surface area contributed by atoms with Gasteiger partial charge < -0.3 is 14.8 Å². The number of hydrogen-bond donors (Lipinski definition) is 4. The molecule has 0 aliphatic carbocycles. The van der Waals surface area contributed by atoms with Crippen LogP contribution in [0.25, 0.3) is 10.4 Å². The van der Waals surface area contributed by atoms with E-state index in [1.165, 1.54) is 12.1 Å². The largest absolute Gasteiger partial charge is 0.490 e. The van der Waals surface area contributed by atoms with Crippen molar-refractivity contribution in [3.8, 4) is 11.5 Å². The number of rotatable bonds is 20. The van der Waals surface area contributed by atoms with E-state index in [4.69, 9.17) is 28.7 Å². The molecule has 0 aromatic heterocycles. The van der Waals surface area contributed by atoms with Crippen molar-refractivity contribution >= 4 is 36.3 Å². The van der Waals surface area contributed by atoms with Crippen molar-refractivity contribution in [2.24, 2.45) is 5.11 Å². The summed E-state index contributed by atoms with van der Waals surface area (Å²) in [6.45, 7) is -0.0566. The summed E-state index contributed by atoms with van der Waals surface area (Å²) in [5, 5.41) is 6.01. The lowest BCUT2D eigenvalue weighted by Gasteiger charge is -2.18. The monoisotopic (exact) mass is 616 g/mol. The Balaban J connectivity index is 3.24. The number of aryl methyl sites for hydroxylation is 1. The maximum absolute atomic E-state index is 12.8. The van der Waals surface area contributed by atoms with Crippen molar-refractivity contribution in [3.05, 3.63) is 33.7 Å². The van der Waals surface area contributed by atoms with Gasteiger partial charge in [0.2, 0.25) is 0 Å². The number of benzene rings is 1. The maximum atomic E-state index is 12.8. The minimum absolute atomic E-state index is 0.00343. The van der Waals surface area contributed by atoms with E-state index in [1.807, 2.05) is 0 Å². The average molecular weight is 617 g/mol. The van der Waals surface area contributed by atoms with Gasteiger partial charge in [0, 0.05) is 23.6 Å². The number of nitrogens with one attached hydrogen (secondary N) is 1. The number of hydrogen-bond acceptors (Lipinski definition) is 10. The Hall–Kier alpha value is -2.67.